The highest BCUT2D eigenvalue weighted by Gasteiger charge is 2.21. The molecular formula is C20H25FN2O3S. The minimum atomic E-state index is -3.61. The third-order valence-electron chi connectivity index (χ3n) is 4.38. The molecule has 1 amide bonds. The van der Waals surface area contributed by atoms with E-state index in [0.29, 0.717) is 11.3 Å². The minimum absolute atomic E-state index is 0.0294. The molecule has 0 aliphatic heterocycles. The summed E-state index contributed by atoms with van der Waals surface area (Å²) < 4.78 is 39.0. The largest absolute Gasteiger partial charge is 0.324 e. The van der Waals surface area contributed by atoms with Gasteiger partial charge in [0.2, 0.25) is 15.9 Å². The number of anilines is 1. The van der Waals surface area contributed by atoms with Gasteiger partial charge in [0.25, 0.3) is 0 Å². The van der Waals surface area contributed by atoms with Crippen LogP contribution in [-0.4, -0.2) is 38.0 Å². The Morgan fingerprint density at radius 1 is 1.11 bits per heavy atom. The van der Waals surface area contributed by atoms with Crippen LogP contribution in [0.3, 0.4) is 0 Å². The molecule has 0 aromatic heterocycles. The molecule has 0 heterocycles. The smallest absolute Gasteiger partial charge is 0.239 e. The topological polar surface area (TPSA) is 66.5 Å². The number of halogens is 1. The highest BCUT2D eigenvalue weighted by molar-refractivity contribution is 7.88. The van der Waals surface area contributed by atoms with E-state index in [9.17, 15) is 17.6 Å². The van der Waals surface area contributed by atoms with E-state index in [1.165, 1.54) is 6.07 Å². The number of nitrogens with zero attached hydrogens (tertiary/aromatic N) is 1. The Bertz CT molecular complexity index is 913. The number of carbonyl (C=O) groups excluding carboxylic acids is 1. The molecule has 0 aliphatic rings. The van der Waals surface area contributed by atoms with Crippen molar-refractivity contribution >= 4 is 21.6 Å². The van der Waals surface area contributed by atoms with Gasteiger partial charge in [-0.05, 0) is 42.5 Å². The van der Waals surface area contributed by atoms with Crippen molar-refractivity contribution in [1.29, 1.82) is 0 Å². The lowest BCUT2D eigenvalue weighted by atomic mass is 10.1. The molecule has 0 radical (unpaired) electrons. The lowest BCUT2D eigenvalue weighted by Crippen LogP contribution is -2.38. The van der Waals surface area contributed by atoms with E-state index in [2.05, 4.69) is 5.32 Å². The molecule has 2 rings (SSSR count). The average molecular weight is 392 g/mol. The number of carbonyl (C=O) groups is 1. The zero-order valence-corrected chi connectivity index (χ0v) is 16.6. The number of hydrogen-bond donors (Lipinski definition) is 1. The van der Waals surface area contributed by atoms with Crippen LogP contribution in [0, 0.1) is 12.7 Å². The van der Waals surface area contributed by atoms with Crippen molar-refractivity contribution < 1.29 is 17.6 Å². The molecule has 27 heavy (non-hydrogen) atoms. The van der Waals surface area contributed by atoms with Gasteiger partial charge in [0.15, 0.2) is 0 Å². The average Bonchev–Trinajstić information content (AvgIpc) is 2.60. The Labute approximate surface area is 160 Å². The van der Waals surface area contributed by atoms with Crippen LogP contribution in [0.1, 0.15) is 23.6 Å². The van der Waals surface area contributed by atoms with Crippen molar-refractivity contribution in [2.24, 2.45) is 0 Å². The van der Waals surface area contributed by atoms with Crippen molar-refractivity contribution in [2.75, 3.05) is 24.7 Å². The predicted molar refractivity (Wildman–Crippen MR) is 106 cm³/mol. The number of nitrogens with one attached hydrogen (secondary N) is 1. The van der Waals surface area contributed by atoms with Gasteiger partial charge in [-0.15, -0.1) is 0 Å². The maximum Gasteiger partial charge on any atom is 0.239 e. The Morgan fingerprint density at radius 3 is 2.41 bits per heavy atom. The van der Waals surface area contributed by atoms with E-state index in [1.807, 2.05) is 32.0 Å². The summed E-state index contributed by atoms with van der Waals surface area (Å²) in [5.74, 6) is -0.805. The second kappa shape index (κ2) is 9.10. The number of amides is 1. The Morgan fingerprint density at radius 2 is 1.78 bits per heavy atom. The van der Waals surface area contributed by atoms with E-state index in [-0.39, 0.29) is 25.3 Å². The van der Waals surface area contributed by atoms with E-state index in [4.69, 9.17) is 0 Å². The first kappa shape index (κ1) is 21.1. The molecule has 146 valence electrons. The Hall–Kier alpha value is -2.25. The molecule has 5 nitrogen and oxygen atoms in total. The Kier molecular flexibility index (Phi) is 7.10. The second-order valence-corrected chi connectivity index (χ2v) is 8.43. The van der Waals surface area contributed by atoms with Crippen LogP contribution in [0.2, 0.25) is 0 Å². The minimum Gasteiger partial charge on any atom is -0.324 e. The summed E-state index contributed by atoms with van der Waals surface area (Å²) in [6.07, 6.45) is 1.99. The third-order valence-corrected chi connectivity index (χ3v) is 5.63. The fraction of sp³-hybridized carbons (Fsp3) is 0.350. The van der Waals surface area contributed by atoms with Crippen molar-refractivity contribution in [3.63, 3.8) is 0 Å². The summed E-state index contributed by atoms with van der Waals surface area (Å²) in [7, 11) is -3.61. The number of rotatable bonds is 8. The molecule has 0 saturated heterocycles. The van der Waals surface area contributed by atoms with Crippen LogP contribution in [-0.2, 0) is 27.7 Å². The van der Waals surface area contributed by atoms with Crippen molar-refractivity contribution in [3.05, 3.63) is 65.0 Å². The first-order valence-corrected chi connectivity index (χ1v) is 10.6. The van der Waals surface area contributed by atoms with Crippen LogP contribution in [0.5, 0.6) is 0 Å². The summed E-state index contributed by atoms with van der Waals surface area (Å²) in [4.78, 5) is 12.5. The van der Waals surface area contributed by atoms with Crippen molar-refractivity contribution in [3.8, 4) is 0 Å². The summed E-state index contributed by atoms with van der Waals surface area (Å²) in [5.41, 5.74) is 3.03. The van der Waals surface area contributed by atoms with Crippen molar-refractivity contribution in [1.82, 2.24) is 4.31 Å². The molecule has 2 aromatic carbocycles. The Balaban J connectivity index is 2.10. The maximum atomic E-state index is 13.8. The molecule has 0 unspecified atom stereocenters. The predicted octanol–water partition coefficient (Wildman–Crippen LogP) is 3.14. The van der Waals surface area contributed by atoms with Crippen LogP contribution in [0.4, 0.5) is 10.1 Å². The van der Waals surface area contributed by atoms with Gasteiger partial charge in [-0.1, -0.05) is 43.3 Å². The van der Waals surface area contributed by atoms with Gasteiger partial charge in [0.05, 0.1) is 12.8 Å². The van der Waals surface area contributed by atoms with Crippen LogP contribution in [0.15, 0.2) is 42.5 Å². The number of para-hydroxylation sites is 1. The molecule has 0 atom stereocenters. The summed E-state index contributed by atoms with van der Waals surface area (Å²) in [5, 5.41) is 2.82. The standard InChI is InChI=1S/C20H25FN2O3S/c1-4-16-10-7-8-15(2)20(16)22-19(24)14-23(27(3,25)26)13-12-17-9-5-6-11-18(17)21/h5-11H,4,12-14H2,1-3H3,(H,22,24). The molecule has 7 heteroatoms. The van der Waals surface area contributed by atoms with Gasteiger partial charge < -0.3 is 5.32 Å². The molecule has 0 aliphatic carbocycles. The normalized spacial score (nSPS) is 11.6. The van der Waals surface area contributed by atoms with Gasteiger partial charge in [0, 0.05) is 12.2 Å². The van der Waals surface area contributed by atoms with Crippen molar-refractivity contribution in [2.45, 2.75) is 26.7 Å². The van der Waals surface area contributed by atoms with Gasteiger partial charge in [-0.25, -0.2) is 12.8 Å². The van der Waals surface area contributed by atoms with Crippen LogP contribution < -0.4 is 5.32 Å². The van der Waals surface area contributed by atoms with Crippen LogP contribution >= 0.6 is 0 Å². The number of benzene rings is 2. The molecular weight excluding hydrogens is 367 g/mol. The fourth-order valence-corrected chi connectivity index (χ4v) is 3.62. The molecule has 1 N–H and O–H groups in total. The maximum absolute atomic E-state index is 13.8. The number of sulfonamides is 1. The van der Waals surface area contributed by atoms with E-state index >= 15 is 0 Å². The van der Waals surface area contributed by atoms with E-state index < -0.39 is 15.9 Å². The molecule has 0 bridgehead atoms. The van der Waals surface area contributed by atoms with Gasteiger partial charge in [-0.3, -0.25) is 4.79 Å². The highest BCUT2D eigenvalue weighted by atomic mass is 32.2. The molecule has 0 saturated carbocycles. The van der Waals surface area contributed by atoms with Gasteiger partial charge in [0.1, 0.15) is 5.82 Å². The lowest BCUT2D eigenvalue weighted by molar-refractivity contribution is -0.116. The fourth-order valence-electron chi connectivity index (χ4n) is 2.85. The highest BCUT2D eigenvalue weighted by Crippen LogP contribution is 2.21. The van der Waals surface area contributed by atoms with E-state index in [0.717, 1.165) is 28.1 Å². The second-order valence-electron chi connectivity index (χ2n) is 6.45. The number of hydrogen-bond acceptors (Lipinski definition) is 3. The molecule has 2 aromatic rings. The first-order chi connectivity index (χ1) is 12.7. The molecule has 0 fully saturated rings. The zero-order chi connectivity index (χ0) is 20.0. The zero-order valence-electron chi connectivity index (χ0n) is 15.8. The van der Waals surface area contributed by atoms with Crippen LogP contribution in [0.25, 0.3) is 0 Å². The monoisotopic (exact) mass is 392 g/mol. The SMILES string of the molecule is CCc1cccc(C)c1NC(=O)CN(CCc1ccccc1F)S(C)(=O)=O. The summed E-state index contributed by atoms with van der Waals surface area (Å²) in [6.45, 7) is 3.59. The number of aryl methyl sites for hydroxylation is 2. The van der Waals surface area contributed by atoms with E-state index in [1.54, 1.807) is 18.2 Å². The summed E-state index contributed by atoms with van der Waals surface area (Å²) in [6, 6.07) is 11.9. The van der Waals surface area contributed by atoms with Gasteiger partial charge >= 0.3 is 0 Å². The summed E-state index contributed by atoms with van der Waals surface area (Å²) >= 11 is 0. The third kappa shape index (κ3) is 5.87. The van der Waals surface area contributed by atoms with Gasteiger partial charge in [-0.2, -0.15) is 4.31 Å². The first-order valence-electron chi connectivity index (χ1n) is 8.79. The molecule has 0 spiro atoms. The quantitative estimate of drug-likeness (QED) is 0.751. The lowest BCUT2D eigenvalue weighted by Gasteiger charge is -2.20.